The first kappa shape index (κ1) is 15.8. The lowest BCUT2D eigenvalue weighted by atomic mass is 9.91. The Morgan fingerprint density at radius 3 is 1.95 bits per heavy atom. The Balaban J connectivity index is 2.26. The molecule has 1 N–H and O–H groups in total. The van der Waals surface area contributed by atoms with Gasteiger partial charge in [0, 0.05) is 6.04 Å². The minimum Gasteiger partial charge on any atom is -0.310 e. The summed E-state index contributed by atoms with van der Waals surface area (Å²) >= 11 is 0. The highest BCUT2D eigenvalue weighted by Gasteiger charge is 2.15. The van der Waals surface area contributed by atoms with Crippen LogP contribution in [0.5, 0.6) is 0 Å². The molecule has 0 heterocycles. The smallest absolute Gasteiger partial charge is 0.0366 e. The molecule has 0 saturated carbocycles. The van der Waals surface area contributed by atoms with Gasteiger partial charge in [0.15, 0.2) is 0 Å². The van der Waals surface area contributed by atoms with Crippen LogP contribution in [0.25, 0.3) is 0 Å². The lowest BCUT2D eigenvalue weighted by Crippen LogP contribution is -2.24. The van der Waals surface area contributed by atoms with E-state index in [4.69, 9.17) is 0 Å². The molecule has 1 unspecified atom stereocenters. The Bertz CT molecular complexity index is 549. The molecule has 2 aromatic rings. The van der Waals surface area contributed by atoms with E-state index in [0.29, 0.717) is 6.04 Å². The van der Waals surface area contributed by atoms with Crippen molar-refractivity contribution in [3.05, 3.63) is 70.3 Å². The first-order valence-corrected chi connectivity index (χ1v) is 8.03. The summed E-state index contributed by atoms with van der Waals surface area (Å²) in [5.41, 5.74) is 7.03. The van der Waals surface area contributed by atoms with Gasteiger partial charge in [0.05, 0.1) is 0 Å². The van der Waals surface area contributed by atoms with E-state index in [9.17, 15) is 0 Å². The van der Waals surface area contributed by atoms with Crippen molar-refractivity contribution in [3.63, 3.8) is 0 Å². The van der Waals surface area contributed by atoms with Crippen molar-refractivity contribution in [2.75, 3.05) is 6.54 Å². The van der Waals surface area contributed by atoms with Crippen LogP contribution in [0, 0.1) is 13.8 Å². The predicted molar refractivity (Wildman–Crippen MR) is 91.9 cm³/mol. The van der Waals surface area contributed by atoms with Crippen molar-refractivity contribution < 1.29 is 0 Å². The molecule has 112 valence electrons. The fourth-order valence-corrected chi connectivity index (χ4v) is 3.05. The molecule has 0 fully saturated rings. The number of hydrogen-bond donors (Lipinski definition) is 1. The van der Waals surface area contributed by atoms with E-state index in [0.717, 1.165) is 19.4 Å². The average Bonchev–Trinajstić information content (AvgIpc) is 2.48. The normalized spacial score (nSPS) is 12.4. The van der Waals surface area contributed by atoms with Gasteiger partial charge in [-0.15, -0.1) is 0 Å². The fourth-order valence-electron chi connectivity index (χ4n) is 3.05. The summed E-state index contributed by atoms with van der Waals surface area (Å²) in [5, 5.41) is 3.66. The summed E-state index contributed by atoms with van der Waals surface area (Å²) in [7, 11) is 0. The van der Waals surface area contributed by atoms with E-state index >= 15 is 0 Å². The zero-order valence-corrected chi connectivity index (χ0v) is 13.7. The lowest BCUT2D eigenvalue weighted by molar-refractivity contribution is 0.545. The molecule has 0 aliphatic heterocycles. The van der Waals surface area contributed by atoms with E-state index in [2.05, 4.69) is 75.5 Å². The summed E-state index contributed by atoms with van der Waals surface area (Å²) in [6, 6.07) is 16.0. The highest BCUT2D eigenvalue weighted by Crippen LogP contribution is 2.25. The van der Waals surface area contributed by atoms with Crippen LogP contribution in [0.15, 0.2) is 42.5 Å². The fraction of sp³-hybridized carbons (Fsp3) is 0.400. The summed E-state index contributed by atoms with van der Waals surface area (Å²) < 4.78 is 0. The molecule has 0 bridgehead atoms. The van der Waals surface area contributed by atoms with E-state index < -0.39 is 0 Å². The van der Waals surface area contributed by atoms with Gasteiger partial charge in [-0.3, -0.25) is 0 Å². The van der Waals surface area contributed by atoms with Gasteiger partial charge in [0.25, 0.3) is 0 Å². The monoisotopic (exact) mass is 281 g/mol. The Hall–Kier alpha value is -1.60. The molecule has 1 nitrogen and oxygen atoms in total. The molecule has 0 aliphatic rings. The third-order valence-electron chi connectivity index (χ3n) is 4.21. The van der Waals surface area contributed by atoms with Gasteiger partial charge in [-0.2, -0.15) is 0 Å². The lowest BCUT2D eigenvalue weighted by Gasteiger charge is -2.23. The van der Waals surface area contributed by atoms with Gasteiger partial charge in [0.2, 0.25) is 0 Å². The number of likely N-dealkylation sites (N-methyl/N-ethyl adjacent to an activating group) is 1. The van der Waals surface area contributed by atoms with Crippen LogP contribution in [0.2, 0.25) is 0 Å². The SMILES string of the molecule is CCNC(Cc1ccc(CC)cc1)c1c(C)cccc1C. The average molecular weight is 281 g/mol. The molecule has 0 saturated heterocycles. The van der Waals surface area contributed by atoms with Crippen molar-refractivity contribution in [1.29, 1.82) is 0 Å². The Morgan fingerprint density at radius 2 is 1.43 bits per heavy atom. The van der Waals surface area contributed by atoms with E-state index in [-0.39, 0.29) is 0 Å². The summed E-state index contributed by atoms with van der Waals surface area (Å²) in [6.07, 6.45) is 2.15. The molecule has 2 rings (SSSR count). The van der Waals surface area contributed by atoms with Crippen molar-refractivity contribution in [2.45, 2.75) is 46.6 Å². The first-order chi connectivity index (χ1) is 10.2. The van der Waals surface area contributed by atoms with Crippen LogP contribution in [-0.4, -0.2) is 6.54 Å². The van der Waals surface area contributed by atoms with Crippen molar-refractivity contribution in [2.24, 2.45) is 0 Å². The number of nitrogens with one attached hydrogen (secondary N) is 1. The Kier molecular flexibility index (Phi) is 5.58. The second-order valence-electron chi connectivity index (χ2n) is 5.79. The quantitative estimate of drug-likeness (QED) is 0.805. The van der Waals surface area contributed by atoms with Crippen molar-refractivity contribution >= 4 is 0 Å². The number of hydrogen-bond acceptors (Lipinski definition) is 1. The van der Waals surface area contributed by atoms with Gasteiger partial charge < -0.3 is 5.32 Å². The maximum absolute atomic E-state index is 3.66. The van der Waals surface area contributed by atoms with Gasteiger partial charge in [-0.05, 0) is 61.1 Å². The molecule has 0 spiro atoms. The van der Waals surface area contributed by atoms with Gasteiger partial charge in [-0.25, -0.2) is 0 Å². The molecular weight excluding hydrogens is 254 g/mol. The van der Waals surface area contributed by atoms with Gasteiger partial charge >= 0.3 is 0 Å². The zero-order chi connectivity index (χ0) is 15.2. The van der Waals surface area contributed by atoms with Crippen molar-refractivity contribution in [1.82, 2.24) is 5.32 Å². The van der Waals surface area contributed by atoms with Crippen LogP contribution < -0.4 is 5.32 Å². The van der Waals surface area contributed by atoms with Crippen LogP contribution in [0.4, 0.5) is 0 Å². The highest BCUT2D eigenvalue weighted by molar-refractivity contribution is 5.37. The summed E-state index contributed by atoms with van der Waals surface area (Å²) in [4.78, 5) is 0. The van der Waals surface area contributed by atoms with E-state index in [1.807, 2.05) is 0 Å². The predicted octanol–water partition coefficient (Wildman–Crippen LogP) is 4.76. The van der Waals surface area contributed by atoms with Crippen LogP contribution >= 0.6 is 0 Å². The molecule has 2 aromatic carbocycles. The maximum atomic E-state index is 3.66. The number of aryl methyl sites for hydroxylation is 3. The second-order valence-corrected chi connectivity index (χ2v) is 5.79. The summed E-state index contributed by atoms with van der Waals surface area (Å²) in [6.45, 7) is 9.80. The van der Waals surface area contributed by atoms with Gasteiger partial charge in [-0.1, -0.05) is 56.3 Å². The number of rotatable bonds is 6. The van der Waals surface area contributed by atoms with E-state index in [1.54, 1.807) is 0 Å². The zero-order valence-electron chi connectivity index (χ0n) is 13.7. The molecule has 1 heteroatoms. The van der Waals surface area contributed by atoms with E-state index in [1.165, 1.54) is 27.8 Å². The largest absolute Gasteiger partial charge is 0.310 e. The number of benzene rings is 2. The molecule has 0 amide bonds. The maximum Gasteiger partial charge on any atom is 0.0366 e. The van der Waals surface area contributed by atoms with Crippen LogP contribution in [0.1, 0.15) is 47.7 Å². The van der Waals surface area contributed by atoms with Crippen LogP contribution in [0.3, 0.4) is 0 Å². The molecule has 21 heavy (non-hydrogen) atoms. The minimum atomic E-state index is 0.392. The molecule has 0 aliphatic carbocycles. The summed E-state index contributed by atoms with van der Waals surface area (Å²) in [5.74, 6) is 0. The minimum absolute atomic E-state index is 0.392. The molecule has 0 aromatic heterocycles. The Labute approximate surface area is 129 Å². The van der Waals surface area contributed by atoms with Crippen LogP contribution in [-0.2, 0) is 12.8 Å². The van der Waals surface area contributed by atoms with Crippen molar-refractivity contribution in [3.8, 4) is 0 Å². The standard InChI is InChI=1S/C20H27N/c1-5-17-10-12-18(13-11-17)14-19(21-6-2)20-15(3)8-7-9-16(20)4/h7-13,19,21H,5-6,14H2,1-4H3. The third-order valence-corrected chi connectivity index (χ3v) is 4.21. The molecule has 1 atom stereocenters. The van der Waals surface area contributed by atoms with Gasteiger partial charge in [0.1, 0.15) is 0 Å². The topological polar surface area (TPSA) is 12.0 Å². The Morgan fingerprint density at radius 1 is 0.857 bits per heavy atom. The third kappa shape index (κ3) is 3.95. The molecule has 0 radical (unpaired) electrons. The highest BCUT2D eigenvalue weighted by atomic mass is 14.9. The molecular formula is C20H27N. The second kappa shape index (κ2) is 7.42. The first-order valence-electron chi connectivity index (χ1n) is 8.03.